The van der Waals surface area contributed by atoms with Gasteiger partial charge in [0.05, 0.1) is 22.7 Å². The van der Waals surface area contributed by atoms with Gasteiger partial charge in [0, 0.05) is 34.3 Å². The molecule has 0 aliphatic carbocycles. The van der Waals surface area contributed by atoms with Crippen molar-refractivity contribution >= 4 is 21.8 Å². The van der Waals surface area contributed by atoms with E-state index in [1.54, 1.807) is 19.1 Å². The van der Waals surface area contributed by atoms with Gasteiger partial charge >= 0.3 is 6.18 Å². The molecule has 0 unspecified atom stereocenters. The second-order valence-electron chi connectivity index (χ2n) is 6.25. The molecule has 0 fully saturated rings. The van der Waals surface area contributed by atoms with Crippen molar-refractivity contribution in [2.24, 2.45) is 0 Å². The molecule has 2 heterocycles. The van der Waals surface area contributed by atoms with Crippen LogP contribution in [0.25, 0.3) is 33.2 Å². The highest BCUT2D eigenvalue weighted by Gasteiger charge is 2.31. The van der Waals surface area contributed by atoms with Crippen LogP contribution in [0.15, 0.2) is 54.9 Å². The normalized spacial score (nSPS) is 13.2. The lowest BCUT2D eigenvalue weighted by Crippen LogP contribution is -2.06. The van der Waals surface area contributed by atoms with Gasteiger partial charge in [0.1, 0.15) is 0 Å². The Morgan fingerprint density at radius 2 is 1.70 bits per heavy atom. The van der Waals surface area contributed by atoms with Crippen LogP contribution < -0.4 is 0 Å². The van der Waals surface area contributed by atoms with Gasteiger partial charge in [-0.25, -0.2) is 15.0 Å². The third-order valence-electron chi connectivity index (χ3n) is 4.39. The maximum atomic E-state index is 12.8. The number of para-hydroxylation sites is 1. The number of aromatic nitrogens is 3. The van der Waals surface area contributed by atoms with Gasteiger partial charge in [-0.2, -0.15) is 13.2 Å². The number of pyridine rings is 1. The Kier molecular flexibility index (Phi) is 4.04. The molecule has 1 atom stereocenters. The van der Waals surface area contributed by atoms with Gasteiger partial charge in [-0.3, -0.25) is 0 Å². The molecule has 4 rings (SSSR count). The fraction of sp³-hybridized carbons (Fsp3) is 0.150. The maximum Gasteiger partial charge on any atom is 0.419 e. The Morgan fingerprint density at radius 1 is 1.00 bits per heavy atom. The molecule has 0 saturated carbocycles. The fourth-order valence-corrected chi connectivity index (χ4v) is 3.03. The number of hydrogen-bond acceptors (Lipinski definition) is 4. The van der Waals surface area contributed by atoms with E-state index in [2.05, 4.69) is 15.0 Å². The minimum Gasteiger partial charge on any atom is -0.389 e. The molecule has 2 aromatic heterocycles. The number of alkyl halides is 3. The Morgan fingerprint density at radius 3 is 2.37 bits per heavy atom. The highest BCUT2D eigenvalue weighted by atomic mass is 19.4. The van der Waals surface area contributed by atoms with E-state index < -0.39 is 17.8 Å². The third-order valence-corrected chi connectivity index (χ3v) is 4.39. The zero-order valence-corrected chi connectivity index (χ0v) is 14.2. The van der Waals surface area contributed by atoms with E-state index in [0.717, 1.165) is 23.3 Å². The summed E-state index contributed by atoms with van der Waals surface area (Å²) in [6, 6.07) is 12.8. The summed E-state index contributed by atoms with van der Waals surface area (Å²) < 4.78 is 38.3. The van der Waals surface area contributed by atoms with Gasteiger partial charge in [0.15, 0.2) is 5.82 Å². The van der Waals surface area contributed by atoms with Crippen LogP contribution in [0.2, 0.25) is 0 Å². The van der Waals surface area contributed by atoms with Crippen LogP contribution >= 0.6 is 0 Å². The molecule has 0 bridgehead atoms. The van der Waals surface area contributed by atoms with Gasteiger partial charge in [-0.15, -0.1) is 0 Å². The average molecular weight is 369 g/mol. The smallest absolute Gasteiger partial charge is 0.389 e. The lowest BCUT2D eigenvalue weighted by molar-refractivity contribution is -0.138. The SMILES string of the molecule is C[C@@H](O)c1ccc(-c2ncc(C(F)(F)F)cn2)c2cc3ccccc3nc12. The van der Waals surface area contributed by atoms with Gasteiger partial charge in [0.2, 0.25) is 0 Å². The molecule has 7 heteroatoms. The summed E-state index contributed by atoms with van der Waals surface area (Å²) in [4.78, 5) is 12.4. The first-order valence-corrected chi connectivity index (χ1v) is 8.24. The second-order valence-corrected chi connectivity index (χ2v) is 6.25. The zero-order valence-electron chi connectivity index (χ0n) is 14.2. The lowest BCUT2D eigenvalue weighted by Gasteiger charge is -2.13. The first kappa shape index (κ1) is 17.4. The lowest BCUT2D eigenvalue weighted by atomic mass is 9.99. The average Bonchev–Trinajstić information content (AvgIpc) is 2.64. The molecule has 1 N–H and O–H groups in total. The van der Waals surface area contributed by atoms with Crippen LogP contribution in [0.3, 0.4) is 0 Å². The fourth-order valence-electron chi connectivity index (χ4n) is 3.03. The van der Waals surface area contributed by atoms with E-state index in [1.807, 2.05) is 30.3 Å². The summed E-state index contributed by atoms with van der Waals surface area (Å²) in [5.41, 5.74) is 1.62. The van der Waals surface area contributed by atoms with Crippen molar-refractivity contribution in [1.82, 2.24) is 15.0 Å². The molecule has 4 aromatic rings. The molecular formula is C20H14F3N3O. The van der Waals surface area contributed by atoms with Crippen LogP contribution in [-0.2, 0) is 6.18 Å². The number of aliphatic hydroxyl groups excluding tert-OH is 1. The first-order valence-electron chi connectivity index (χ1n) is 8.24. The van der Waals surface area contributed by atoms with Crippen molar-refractivity contribution in [2.75, 3.05) is 0 Å². The molecular weight excluding hydrogens is 355 g/mol. The summed E-state index contributed by atoms with van der Waals surface area (Å²) >= 11 is 0. The molecule has 27 heavy (non-hydrogen) atoms. The molecule has 0 aliphatic rings. The number of halogens is 3. The Labute approximate surface area is 152 Å². The minimum atomic E-state index is -4.49. The quantitative estimate of drug-likeness (QED) is 0.510. The Hall–Kier alpha value is -3.06. The van der Waals surface area contributed by atoms with Gasteiger partial charge in [0.25, 0.3) is 0 Å². The summed E-state index contributed by atoms with van der Waals surface area (Å²) in [5, 5.41) is 11.6. The van der Waals surface area contributed by atoms with Crippen molar-refractivity contribution < 1.29 is 18.3 Å². The number of fused-ring (bicyclic) bond motifs is 2. The molecule has 0 radical (unpaired) electrons. The predicted molar refractivity (Wildman–Crippen MR) is 95.9 cm³/mol. The molecule has 0 aliphatic heterocycles. The van der Waals surface area contributed by atoms with Crippen molar-refractivity contribution in [3.63, 3.8) is 0 Å². The van der Waals surface area contributed by atoms with Crippen LogP contribution in [0.4, 0.5) is 13.2 Å². The largest absolute Gasteiger partial charge is 0.419 e. The second kappa shape index (κ2) is 6.28. The van der Waals surface area contributed by atoms with Crippen molar-refractivity contribution in [2.45, 2.75) is 19.2 Å². The van der Waals surface area contributed by atoms with Crippen LogP contribution in [-0.4, -0.2) is 20.1 Å². The van der Waals surface area contributed by atoms with Gasteiger partial charge < -0.3 is 5.11 Å². The summed E-state index contributed by atoms with van der Waals surface area (Å²) in [7, 11) is 0. The topological polar surface area (TPSA) is 58.9 Å². The van der Waals surface area contributed by atoms with E-state index >= 15 is 0 Å². The van der Waals surface area contributed by atoms with Gasteiger partial charge in [-0.05, 0) is 19.1 Å². The molecule has 0 amide bonds. The molecule has 0 saturated heterocycles. The standard InChI is InChI=1S/C20H14F3N3O/c1-11(27)14-6-7-15(19-24-9-13(10-25-19)20(21,22)23)16-8-12-4-2-3-5-17(12)26-18(14)16/h2-11,27H,1H3/t11-/m1/s1. The summed E-state index contributed by atoms with van der Waals surface area (Å²) in [5.74, 6) is 0.169. The highest BCUT2D eigenvalue weighted by Crippen LogP contribution is 2.34. The minimum absolute atomic E-state index is 0.169. The number of benzene rings is 2. The number of nitrogens with zero attached hydrogens (tertiary/aromatic N) is 3. The van der Waals surface area contributed by atoms with Crippen LogP contribution in [0, 0.1) is 0 Å². The Balaban J connectivity index is 1.98. The monoisotopic (exact) mass is 369 g/mol. The van der Waals surface area contributed by atoms with Crippen molar-refractivity contribution in [1.29, 1.82) is 0 Å². The molecule has 2 aromatic carbocycles. The number of hydrogen-bond donors (Lipinski definition) is 1. The van der Waals surface area contributed by atoms with Crippen molar-refractivity contribution in [3.05, 3.63) is 66.0 Å². The summed E-state index contributed by atoms with van der Waals surface area (Å²) in [6.07, 6.45) is -3.70. The predicted octanol–water partition coefficient (Wildman–Crippen LogP) is 4.92. The summed E-state index contributed by atoms with van der Waals surface area (Å²) in [6.45, 7) is 1.64. The first-order chi connectivity index (χ1) is 12.8. The number of aliphatic hydroxyl groups is 1. The van der Waals surface area contributed by atoms with Crippen LogP contribution in [0.1, 0.15) is 24.2 Å². The van der Waals surface area contributed by atoms with E-state index in [-0.39, 0.29) is 5.82 Å². The van der Waals surface area contributed by atoms with E-state index in [1.165, 1.54) is 0 Å². The van der Waals surface area contributed by atoms with E-state index in [4.69, 9.17) is 0 Å². The molecule has 136 valence electrons. The molecule has 0 spiro atoms. The molecule has 4 nitrogen and oxygen atoms in total. The zero-order chi connectivity index (χ0) is 19.2. The maximum absolute atomic E-state index is 12.8. The Bertz CT molecular complexity index is 1140. The van der Waals surface area contributed by atoms with Crippen LogP contribution in [0.5, 0.6) is 0 Å². The van der Waals surface area contributed by atoms with Gasteiger partial charge in [-0.1, -0.05) is 30.3 Å². The van der Waals surface area contributed by atoms with E-state index in [9.17, 15) is 18.3 Å². The van der Waals surface area contributed by atoms with Crippen molar-refractivity contribution in [3.8, 4) is 11.4 Å². The number of rotatable bonds is 2. The van der Waals surface area contributed by atoms with E-state index in [0.29, 0.717) is 22.0 Å². The highest BCUT2D eigenvalue weighted by molar-refractivity contribution is 6.01. The third kappa shape index (κ3) is 3.10.